The highest BCUT2D eigenvalue weighted by Gasteiger charge is 2.35. The van der Waals surface area contributed by atoms with Crippen molar-refractivity contribution in [3.05, 3.63) is 35.9 Å². The molecule has 1 atom stereocenters. The van der Waals surface area contributed by atoms with Crippen LogP contribution in [0.2, 0.25) is 0 Å². The molecule has 1 heteroatoms. The Morgan fingerprint density at radius 2 is 1.56 bits per heavy atom. The number of ketones is 1. The van der Waals surface area contributed by atoms with Gasteiger partial charge in [0.25, 0.3) is 0 Å². The van der Waals surface area contributed by atoms with Gasteiger partial charge in [-0.2, -0.15) is 0 Å². The fourth-order valence-electron chi connectivity index (χ4n) is 2.12. The molecule has 0 radical (unpaired) electrons. The van der Waals surface area contributed by atoms with Crippen molar-refractivity contribution in [1.82, 2.24) is 0 Å². The maximum absolute atomic E-state index is 12.2. The average Bonchev–Trinajstić information content (AvgIpc) is 2.28. The third kappa shape index (κ3) is 2.52. The average molecular weight is 218 g/mol. The van der Waals surface area contributed by atoms with Crippen LogP contribution in [0.5, 0.6) is 0 Å². The maximum Gasteiger partial charge on any atom is 0.141 e. The normalized spacial score (nSPS) is 13.9. The molecule has 0 N–H and O–H groups in total. The van der Waals surface area contributed by atoms with E-state index in [1.54, 1.807) is 0 Å². The molecule has 0 aromatic heterocycles. The highest BCUT2D eigenvalue weighted by molar-refractivity contribution is 5.86. The molecule has 0 bridgehead atoms. The fraction of sp³-hybridized carbons (Fsp3) is 0.533. The standard InChI is InChI=1S/C15H22O/c1-11(2)14(16)15(4,5)12(3)13-9-7-6-8-10-13/h6-12H,1-5H3. The predicted octanol–water partition coefficient (Wildman–Crippen LogP) is 4.04. The number of hydrogen-bond donors (Lipinski definition) is 0. The first-order chi connectivity index (χ1) is 7.37. The van der Waals surface area contributed by atoms with E-state index in [9.17, 15) is 4.79 Å². The van der Waals surface area contributed by atoms with Gasteiger partial charge in [0.05, 0.1) is 0 Å². The Bertz CT molecular complexity index is 349. The summed E-state index contributed by atoms with van der Waals surface area (Å²) in [6.07, 6.45) is 0. The Hall–Kier alpha value is -1.11. The zero-order valence-corrected chi connectivity index (χ0v) is 10.9. The number of hydrogen-bond acceptors (Lipinski definition) is 1. The van der Waals surface area contributed by atoms with Gasteiger partial charge in [-0.3, -0.25) is 4.79 Å². The van der Waals surface area contributed by atoms with E-state index in [1.807, 2.05) is 45.9 Å². The van der Waals surface area contributed by atoms with Gasteiger partial charge in [0.2, 0.25) is 0 Å². The van der Waals surface area contributed by atoms with Crippen LogP contribution in [0.4, 0.5) is 0 Å². The van der Waals surface area contributed by atoms with E-state index in [-0.39, 0.29) is 17.3 Å². The van der Waals surface area contributed by atoms with Crippen molar-refractivity contribution in [2.75, 3.05) is 0 Å². The van der Waals surface area contributed by atoms with E-state index < -0.39 is 0 Å². The minimum Gasteiger partial charge on any atom is -0.299 e. The second-order valence-electron chi connectivity index (χ2n) is 5.37. The lowest BCUT2D eigenvalue weighted by Gasteiger charge is -2.32. The van der Waals surface area contributed by atoms with Crippen LogP contribution in [-0.2, 0) is 4.79 Å². The summed E-state index contributed by atoms with van der Waals surface area (Å²) >= 11 is 0. The lowest BCUT2D eigenvalue weighted by atomic mass is 9.70. The van der Waals surface area contributed by atoms with Gasteiger partial charge in [-0.1, -0.05) is 65.0 Å². The molecular formula is C15H22O. The van der Waals surface area contributed by atoms with E-state index in [0.29, 0.717) is 5.78 Å². The van der Waals surface area contributed by atoms with Crippen LogP contribution in [0.3, 0.4) is 0 Å². The molecule has 0 aliphatic rings. The Labute approximate surface area is 98.9 Å². The van der Waals surface area contributed by atoms with Gasteiger partial charge in [0.1, 0.15) is 5.78 Å². The van der Waals surface area contributed by atoms with Crippen LogP contribution in [-0.4, -0.2) is 5.78 Å². The van der Waals surface area contributed by atoms with E-state index >= 15 is 0 Å². The molecule has 1 unspecified atom stereocenters. The van der Waals surface area contributed by atoms with Crippen molar-refractivity contribution in [2.45, 2.75) is 40.5 Å². The molecule has 1 aromatic carbocycles. The fourth-order valence-corrected chi connectivity index (χ4v) is 2.12. The van der Waals surface area contributed by atoms with Crippen molar-refractivity contribution in [2.24, 2.45) is 11.3 Å². The highest BCUT2D eigenvalue weighted by Crippen LogP contribution is 2.37. The second-order valence-corrected chi connectivity index (χ2v) is 5.37. The van der Waals surface area contributed by atoms with Crippen molar-refractivity contribution in [1.29, 1.82) is 0 Å². The maximum atomic E-state index is 12.2. The Balaban J connectivity index is 2.97. The van der Waals surface area contributed by atoms with E-state index in [2.05, 4.69) is 19.1 Å². The summed E-state index contributed by atoms with van der Waals surface area (Å²) in [5, 5.41) is 0. The van der Waals surface area contributed by atoms with E-state index in [1.165, 1.54) is 5.56 Å². The van der Waals surface area contributed by atoms with Gasteiger partial charge in [0, 0.05) is 11.3 Å². The number of carbonyl (C=O) groups excluding carboxylic acids is 1. The first-order valence-corrected chi connectivity index (χ1v) is 5.96. The lowest BCUT2D eigenvalue weighted by molar-refractivity contribution is -0.131. The predicted molar refractivity (Wildman–Crippen MR) is 68.5 cm³/mol. The third-order valence-electron chi connectivity index (χ3n) is 3.54. The molecule has 0 fully saturated rings. The van der Waals surface area contributed by atoms with Crippen LogP contribution >= 0.6 is 0 Å². The zero-order valence-electron chi connectivity index (χ0n) is 10.9. The zero-order chi connectivity index (χ0) is 12.3. The molecule has 88 valence electrons. The molecule has 0 saturated heterocycles. The first-order valence-electron chi connectivity index (χ1n) is 5.96. The van der Waals surface area contributed by atoms with Gasteiger partial charge >= 0.3 is 0 Å². The van der Waals surface area contributed by atoms with Crippen molar-refractivity contribution < 1.29 is 4.79 Å². The number of carbonyl (C=O) groups is 1. The molecule has 1 rings (SSSR count). The van der Waals surface area contributed by atoms with Gasteiger partial charge in [-0.05, 0) is 11.5 Å². The number of benzene rings is 1. The lowest BCUT2D eigenvalue weighted by Crippen LogP contribution is -2.33. The molecule has 0 saturated carbocycles. The summed E-state index contributed by atoms with van der Waals surface area (Å²) in [5.41, 5.74) is 0.941. The summed E-state index contributed by atoms with van der Waals surface area (Å²) in [4.78, 5) is 12.2. The third-order valence-corrected chi connectivity index (χ3v) is 3.54. The molecule has 1 nitrogen and oxygen atoms in total. The van der Waals surface area contributed by atoms with Gasteiger partial charge < -0.3 is 0 Å². The minimum absolute atomic E-state index is 0.0983. The molecule has 0 aliphatic carbocycles. The number of Topliss-reactive ketones (excluding diaryl/α,β-unsaturated/α-hetero) is 1. The molecule has 1 aromatic rings. The summed E-state index contributed by atoms with van der Waals surface area (Å²) in [6.45, 7) is 10.2. The van der Waals surface area contributed by atoms with Crippen LogP contribution in [0, 0.1) is 11.3 Å². The van der Waals surface area contributed by atoms with Gasteiger partial charge in [-0.15, -0.1) is 0 Å². The first kappa shape index (κ1) is 13.0. The number of rotatable bonds is 4. The summed E-state index contributed by atoms with van der Waals surface area (Å²) in [6, 6.07) is 10.3. The van der Waals surface area contributed by atoms with Crippen LogP contribution in [0.25, 0.3) is 0 Å². The van der Waals surface area contributed by atoms with Gasteiger partial charge in [-0.25, -0.2) is 0 Å². The van der Waals surface area contributed by atoms with Crippen LogP contribution < -0.4 is 0 Å². The topological polar surface area (TPSA) is 17.1 Å². The molecular weight excluding hydrogens is 196 g/mol. The molecule has 0 spiro atoms. The van der Waals surface area contributed by atoms with Gasteiger partial charge in [0.15, 0.2) is 0 Å². The van der Waals surface area contributed by atoms with Crippen molar-refractivity contribution >= 4 is 5.78 Å². The van der Waals surface area contributed by atoms with E-state index in [0.717, 1.165) is 0 Å². The quantitative estimate of drug-likeness (QED) is 0.745. The second kappa shape index (κ2) is 4.82. The largest absolute Gasteiger partial charge is 0.299 e. The molecule has 0 aliphatic heterocycles. The molecule has 0 heterocycles. The molecule has 0 amide bonds. The monoisotopic (exact) mass is 218 g/mol. The van der Waals surface area contributed by atoms with Crippen LogP contribution in [0.1, 0.15) is 46.1 Å². The summed E-state index contributed by atoms with van der Waals surface area (Å²) < 4.78 is 0. The van der Waals surface area contributed by atoms with Crippen molar-refractivity contribution in [3.8, 4) is 0 Å². The van der Waals surface area contributed by atoms with E-state index in [4.69, 9.17) is 0 Å². The Kier molecular flexibility index (Phi) is 3.90. The minimum atomic E-state index is -0.296. The van der Waals surface area contributed by atoms with Crippen LogP contribution in [0.15, 0.2) is 30.3 Å². The Morgan fingerprint density at radius 3 is 2.00 bits per heavy atom. The summed E-state index contributed by atoms with van der Waals surface area (Å²) in [5.74, 6) is 0.689. The highest BCUT2D eigenvalue weighted by atomic mass is 16.1. The summed E-state index contributed by atoms with van der Waals surface area (Å²) in [7, 11) is 0. The Morgan fingerprint density at radius 1 is 1.06 bits per heavy atom. The SMILES string of the molecule is CC(C)C(=O)C(C)(C)C(C)c1ccccc1. The molecule has 16 heavy (non-hydrogen) atoms. The van der Waals surface area contributed by atoms with Crippen molar-refractivity contribution in [3.63, 3.8) is 0 Å². The smallest absolute Gasteiger partial charge is 0.141 e.